The first-order chi connectivity index (χ1) is 22.1. The molecule has 0 unspecified atom stereocenters. The van der Waals surface area contributed by atoms with Gasteiger partial charge < -0.3 is 14.3 Å². The van der Waals surface area contributed by atoms with Gasteiger partial charge in [0.15, 0.2) is 5.71 Å². The van der Waals surface area contributed by atoms with Crippen molar-refractivity contribution in [2.45, 2.75) is 81.9 Å². The Labute approximate surface area is 276 Å². The summed E-state index contributed by atoms with van der Waals surface area (Å²) >= 11 is 0. The molecule has 0 aliphatic carbocycles. The summed E-state index contributed by atoms with van der Waals surface area (Å²) in [6.07, 6.45) is 12.1. The summed E-state index contributed by atoms with van der Waals surface area (Å²) in [4.78, 5) is 42.5. The number of carbonyl (C=O) groups excluding carboxylic acids is 3. The minimum Gasteiger partial charge on any atom is -0.744 e. The number of anilines is 1. The third-order valence-corrected chi connectivity index (χ3v) is 10.1. The lowest BCUT2D eigenvalue weighted by atomic mass is 9.81. The van der Waals surface area contributed by atoms with Gasteiger partial charge in [0.1, 0.15) is 17.2 Å². The standard InChI is InChI=1S/C36H41N3O7S/c1-35(2)26-14-11-12-15-28(26)37(5)30(35)16-8-6-9-17-31-36(3,4)27-24-25(47(43,44)45)19-20-29(27)38(31)23-13-7-10-18-34(42)46-39-32(40)21-22-33(39)41/h6,8-9,11-12,14-17,19-20,24H,7,10,13,18,21-23H2,1-5H3. The lowest BCUT2D eigenvalue weighted by Crippen LogP contribution is -2.32. The minimum absolute atomic E-state index is 0.0487. The molecule has 5 rings (SSSR count). The highest BCUT2D eigenvalue weighted by atomic mass is 32.2. The van der Waals surface area contributed by atoms with Crippen LogP contribution in [0, 0.1) is 0 Å². The Morgan fingerprint density at radius 1 is 0.936 bits per heavy atom. The molecule has 3 heterocycles. The summed E-state index contributed by atoms with van der Waals surface area (Å²) in [6, 6.07) is 12.9. The van der Waals surface area contributed by atoms with Gasteiger partial charge in [-0.25, -0.2) is 13.2 Å². The number of imide groups is 1. The second kappa shape index (κ2) is 13.0. The van der Waals surface area contributed by atoms with E-state index in [1.165, 1.54) is 29.1 Å². The number of hydroxylamine groups is 2. The average Bonchev–Trinajstić information content (AvgIpc) is 3.51. The van der Waals surface area contributed by atoms with Crippen LogP contribution in [-0.4, -0.2) is 59.7 Å². The number of allylic oxidation sites excluding steroid dienone is 6. The van der Waals surface area contributed by atoms with Crippen molar-refractivity contribution >= 4 is 45.0 Å². The monoisotopic (exact) mass is 659 g/mol. The van der Waals surface area contributed by atoms with Crippen LogP contribution in [0.15, 0.2) is 83.4 Å². The Morgan fingerprint density at radius 3 is 2.32 bits per heavy atom. The van der Waals surface area contributed by atoms with Crippen molar-refractivity contribution in [1.29, 1.82) is 0 Å². The van der Waals surface area contributed by atoms with Crippen molar-refractivity contribution in [3.05, 3.63) is 89.7 Å². The summed E-state index contributed by atoms with van der Waals surface area (Å²) in [5.74, 6) is -1.63. The number of benzene rings is 2. The van der Waals surface area contributed by atoms with Gasteiger partial charge in [0, 0.05) is 60.3 Å². The van der Waals surface area contributed by atoms with Crippen LogP contribution in [0.1, 0.15) is 77.3 Å². The number of para-hydroxylation sites is 1. The number of carbonyl (C=O) groups is 3. The summed E-state index contributed by atoms with van der Waals surface area (Å²) in [5.41, 5.74) is 5.44. The Morgan fingerprint density at radius 2 is 1.64 bits per heavy atom. The molecular weight excluding hydrogens is 618 g/mol. The maximum Gasteiger partial charge on any atom is 0.333 e. The largest absolute Gasteiger partial charge is 0.744 e. The van der Waals surface area contributed by atoms with Gasteiger partial charge in [0.25, 0.3) is 11.8 Å². The Hall–Kier alpha value is -4.35. The smallest absolute Gasteiger partial charge is 0.333 e. The molecule has 0 N–H and O–H groups in total. The Kier molecular flexibility index (Phi) is 9.43. The van der Waals surface area contributed by atoms with Gasteiger partial charge in [-0.15, -0.1) is 5.06 Å². The van der Waals surface area contributed by atoms with Gasteiger partial charge in [-0.2, -0.15) is 4.58 Å². The highest BCUT2D eigenvalue weighted by Crippen LogP contribution is 2.48. The number of amides is 2. The number of hydrogen-bond acceptors (Lipinski definition) is 8. The van der Waals surface area contributed by atoms with E-state index in [1.807, 2.05) is 44.2 Å². The molecule has 0 spiro atoms. The fourth-order valence-corrected chi connectivity index (χ4v) is 7.23. The van der Waals surface area contributed by atoms with Crippen LogP contribution >= 0.6 is 0 Å². The molecule has 0 aromatic heterocycles. The number of nitrogens with zero attached hydrogens (tertiary/aromatic N) is 3. The average molecular weight is 660 g/mol. The third-order valence-electron chi connectivity index (χ3n) is 9.28. The van der Waals surface area contributed by atoms with Crippen molar-refractivity contribution in [2.24, 2.45) is 0 Å². The molecular formula is C36H41N3O7S. The molecule has 2 amide bonds. The molecule has 1 fully saturated rings. The Balaban J connectivity index is 1.30. The molecule has 248 valence electrons. The van der Waals surface area contributed by atoms with Gasteiger partial charge in [0.05, 0.1) is 10.3 Å². The molecule has 10 nitrogen and oxygen atoms in total. The predicted octanol–water partition coefficient (Wildman–Crippen LogP) is 5.56. The van der Waals surface area contributed by atoms with Gasteiger partial charge in [0.2, 0.25) is 5.69 Å². The SMILES string of the molecule is C[N+]1=C(C=CC=CC=C2N(CCCCCC(=O)ON3C(=O)CCC3=O)c3ccc(S(=O)(=O)[O-])cc3C2(C)C)C(C)(C)c2ccccc21. The van der Waals surface area contributed by atoms with E-state index in [0.29, 0.717) is 30.9 Å². The van der Waals surface area contributed by atoms with Gasteiger partial charge in [-0.1, -0.05) is 56.7 Å². The van der Waals surface area contributed by atoms with Gasteiger partial charge in [-0.05, 0) is 56.5 Å². The highest BCUT2D eigenvalue weighted by Gasteiger charge is 2.43. The van der Waals surface area contributed by atoms with Crippen LogP contribution in [0.2, 0.25) is 0 Å². The fourth-order valence-electron chi connectivity index (χ4n) is 6.73. The summed E-state index contributed by atoms with van der Waals surface area (Å²) in [6.45, 7) is 9.02. The first-order valence-electron chi connectivity index (χ1n) is 15.8. The lowest BCUT2D eigenvalue weighted by Gasteiger charge is -2.27. The van der Waals surface area contributed by atoms with Crippen molar-refractivity contribution in [3.63, 3.8) is 0 Å². The molecule has 0 bridgehead atoms. The molecule has 1 saturated heterocycles. The van der Waals surface area contributed by atoms with E-state index in [-0.39, 0.29) is 29.6 Å². The van der Waals surface area contributed by atoms with Crippen LogP contribution in [0.25, 0.3) is 0 Å². The molecule has 0 radical (unpaired) electrons. The molecule has 3 aliphatic rings. The highest BCUT2D eigenvalue weighted by molar-refractivity contribution is 7.85. The first-order valence-corrected chi connectivity index (χ1v) is 17.3. The topological polar surface area (TPSA) is 127 Å². The van der Waals surface area contributed by atoms with Crippen LogP contribution in [0.3, 0.4) is 0 Å². The zero-order valence-corrected chi connectivity index (χ0v) is 28.3. The fraction of sp³-hybridized carbons (Fsp3) is 0.389. The molecule has 0 saturated carbocycles. The second-order valence-electron chi connectivity index (χ2n) is 13.1. The maximum atomic E-state index is 12.2. The van der Waals surface area contributed by atoms with Crippen molar-refractivity contribution in [1.82, 2.24) is 5.06 Å². The molecule has 0 atom stereocenters. The van der Waals surface area contributed by atoms with Crippen LogP contribution < -0.4 is 4.90 Å². The zero-order chi connectivity index (χ0) is 34.1. The van der Waals surface area contributed by atoms with Crippen LogP contribution in [0.4, 0.5) is 11.4 Å². The quantitative estimate of drug-likeness (QED) is 0.101. The van der Waals surface area contributed by atoms with Gasteiger partial charge >= 0.3 is 5.97 Å². The van der Waals surface area contributed by atoms with Gasteiger partial charge in [-0.3, -0.25) is 9.59 Å². The van der Waals surface area contributed by atoms with Crippen molar-refractivity contribution < 1.29 is 36.8 Å². The lowest BCUT2D eigenvalue weighted by molar-refractivity contribution is -0.401. The molecule has 11 heteroatoms. The predicted molar refractivity (Wildman–Crippen MR) is 177 cm³/mol. The van der Waals surface area contributed by atoms with E-state index in [4.69, 9.17) is 4.84 Å². The number of hydrogen-bond donors (Lipinski definition) is 0. The van der Waals surface area contributed by atoms with E-state index in [2.05, 4.69) is 54.6 Å². The van der Waals surface area contributed by atoms with E-state index in [0.717, 1.165) is 16.9 Å². The zero-order valence-electron chi connectivity index (χ0n) is 27.5. The summed E-state index contributed by atoms with van der Waals surface area (Å²) in [7, 11) is -2.56. The summed E-state index contributed by atoms with van der Waals surface area (Å²) in [5, 5.41) is 0.562. The van der Waals surface area contributed by atoms with E-state index in [1.54, 1.807) is 6.07 Å². The third kappa shape index (κ3) is 6.73. The maximum absolute atomic E-state index is 12.2. The number of unbranched alkanes of at least 4 members (excludes halogenated alkanes) is 2. The van der Waals surface area contributed by atoms with Crippen molar-refractivity contribution in [2.75, 3.05) is 18.5 Å². The normalized spacial score (nSPS) is 19.5. The molecule has 2 aromatic carbocycles. The van der Waals surface area contributed by atoms with E-state index >= 15 is 0 Å². The second-order valence-corrected chi connectivity index (χ2v) is 14.5. The van der Waals surface area contributed by atoms with Crippen LogP contribution in [-0.2, 0) is 40.2 Å². The van der Waals surface area contributed by atoms with E-state index < -0.39 is 33.3 Å². The molecule has 47 heavy (non-hydrogen) atoms. The van der Waals surface area contributed by atoms with Crippen LogP contribution in [0.5, 0.6) is 0 Å². The number of fused-ring (bicyclic) bond motifs is 2. The molecule has 2 aromatic rings. The summed E-state index contributed by atoms with van der Waals surface area (Å²) < 4.78 is 37.8. The Bertz CT molecular complexity index is 1830. The van der Waals surface area contributed by atoms with E-state index in [9.17, 15) is 27.4 Å². The minimum atomic E-state index is -4.63. The number of rotatable bonds is 11. The molecule has 3 aliphatic heterocycles. The van der Waals surface area contributed by atoms with Crippen molar-refractivity contribution in [3.8, 4) is 0 Å². The first kappa shape index (κ1) is 34.0.